The number of benzene rings is 1. The smallest absolute Gasteiger partial charge is 0.293 e. The topological polar surface area (TPSA) is 61.0 Å². The van der Waals surface area contributed by atoms with Crippen LogP contribution in [-0.2, 0) is 6.18 Å². The summed E-state index contributed by atoms with van der Waals surface area (Å²) in [4.78, 5) is 13.2. The number of imidazole rings is 1. The summed E-state index contributed by atoms with van der Waals surface area (Å²) in [6, 6.07) is 4.80. The molecule has 100 valence electrons. The van der Waals surface area contributed by atoms with Crippen molar-refractivity contribution in [2.24, 2.45) is 0 Å². The highest BCUT2D eigenvalue weighted by Gasteiger charge is 2.37. The number of aromatic nitrogens is 2. The Morgan fingerprint density at radius 2 is 1.84 bits per heavy atom. The lowest BCUT2D eigenvalue weighted by Gasteiger charge is -2.11. The van der Waals surface area contributed by atoms with Crippen molar-refractivity contribution in [3.8, 4) is 5.69 Å². The Bertz CT molecular complexity index is 617. The number of rotatable bonds is 2. The van der Waals surface area contributed by atoms with Gasteiger partial charge in [0.1, 0.15) is 0 Å². The molecule has 0 unspecified atom stereocenters. The number of aryl methyl sites for hydroxylation is 1. The van der Waals surface area contributed by atoms with Crippen LogP contribution in [0.1, 0.15) is 11.5 Å². The summed E-state index contributed by atoms with van der Waals surface area (Å²) in [5.74, 6) is -1.06. The summed E-state index contributed by atoms with van der Waals surface area (Å²) >= 11 is 0. The molecule has 2 rings (SSSR count). The van der Waals surface area contributed by atoms with Gasteiger partial charge >= 0.3 is 6.18 Å². The van der Waals surface area contributed by atoms with Gasteiger partial charge in [0.15, 0.2) is 0 Å². The number of hydrogen-bond donors (Lipinski definition) is 0. The van der Waals surface area contributed by atoms with Crippen LogP contribution in [0.5, 0.6) is 0 Å². The highest BCUT2D eigenvalue weighted by Crippen LogP contribution is 2.31. The van der Waals surface area contributed by atoms with Gasteiger partial charge in [-0.05, 0) is 19.1 Å². The molecule has 0 N–H and O–H groups in total. The van der Waals surface area contributed by atoms with Crippen LogP contribution in [0.2, 0.25) is 0 Å². The maximum Gasteiger partial charge on any atom is 0.450 e. The Balaban J connectivity index is 2.53. The van der Waals surface area contributed by atoms with Crippen LogP contribution in [-0.4, -0.2) is 14.5 Å². The molecule has 0 fully saturated rings. The van der Waals surface area contributed by atoms with Gasteiger partial charge in [0.05, 0.1) is 4.92 Å². The standard InChI is InChI=1S/C11H8F3N3O2/c1-7-6-15-10(11(12,13)14)16(7)8-2-4-9(5-3-8)17(18)19/h2-6H,1H3. The SMILES string of the molecule is Cc1cnc(C(F)(F)F)n1-c1ccc([N+](=O)[O-])cc1. The van der Waals surface area contributed by atoms with Crippen molar-refractivity contribution in [3.05, 3.63) is 52.1 Å². The third-order valence-corrected chi connectivity index (χ3v) is 2.51. The molecule has 0 saturated carbocycles. The van der Waals surface area contributed by atoms with Gasteiger partial charge in [-0.1, -0.05) is 0 Å². The first-order chi connectivity index (χ1) is 8.80. The van der Waals surface area contributed by atoms with Crippen molar-refractivity contribution in [3.63, 3.8) is 0 Å². The molecule has 8 heteroatoms. The molecule has 2 aromatic rings. The summed E-state index contributed by atoms with van der Waals surface area (Å²) in [7, 11) is 0. The van der Waals surface area contributed by atoms with E-state index < -0.39 is 16.9 Å². The average molecular weight is 271 g/mol. The van der Waals surface area contributed by atoms with E-state index in [1.54, 1.807) is 0 Å². The van der Waals surface area contributed by atoms with Crippen molar-refractivity contribution < 1.29 is 18.1 Å². The molecule has 0 spiro atoms. The van der Waals surface area contributed by atoms with Gasteiger partial charge in [0.25, 0.3) is 5.69 Å². The van der Waals surface area contributed by atoms with Crippen molar-refractivity contribution >= 4 is 5.69 Å². The molecule has 0 bridgehead atoms. The lowest BCUT2D eigenvalue weighted by molar-refractivity contribution is -0.384. The Hall–Kier alpha value is -2.38. The van der Waals surface area contributed by atoms with E-state index in [4.69, 9.17) is 0 Å². The van der Waals surface area contributed by atoms with E-state index in [0.717, 1.165) is 22.9 Å². The highest BCUT2D eigenvalue weighted by molar-refractivity contribution is 5.42. The third-order valence-electron chi connectivity index (χ3n) is 2.51. The predicted molar refractivity (Wildman–Crippen MR) is 60.0 cm³/mol. The first-order valence-electron chi connectivity index (χ1n) is 5.17. The molecule has 0 radical (unpaired) electrons. The largest absolute Gasteiger partial charge is 0.450 e. The van der Waals surface area contributed by atoms with Gasteiger partial charge < -0.3 is 0 Å². The molecular weight excluding hydrogens is 263 g/mol. The zero-order chi connectivity index (χ0) is 14.2. The molecule has 19 heavy (non-hydrogen) atoms. The Morgan fingerprint density at radius 3 is 2.32 bits per heavy atom. The van der Waals surface area contributed by atoms with Crippen LogP contribution in [0.25, 0.3) is 5.69 Å². The van der Waals surface area contributed by atoms with Crippen LogP contribution >= 0.6 is 0 Å². The van der Waals surface area contributed by atoms with E-state index in [1.807, 2.05) is 0 Å². The quantitative estimate of drug-likeness (QED) is 0.622. The second kappa shape index (κ2) is 4.38. The predicted octanol–water partition coefficient (Wildman–Crippen LogP) is 3.11. The normalized spacial score (nSPS) is 11.6. The molecule has 5 nitrogen and oxygen atoms in total. The molecule has 0 atom stereocenters. The molecule has 0 amide bonds. The first kappa shape index (κ1) is 13.1. The fourth-order valence-electron chi connectivity index (χ4n) is 1.69. The number of nitro benzene ring substituents is 1. The number of nitrogens with zero attached hydrogens (tertiary/aromatic N) is 3. The summed E-state index contributed by atoms with van der Waals surface area (Å²) < 4.78 is 39.2. The molecule has 0 aliphatic carbocycles. The van der Waals surface area contributed by atoms with E-state index in [-0.39, 0.29) is 11.4 Å². The molecule has 0 aliphatic heterocycles. The van der Waals surface area contributed by atoms with E-state index >= 15 is 0 Å². The monoisotopic (exact) mass is 271 g/mol. The first-order valence-corrected chi connectivity index (χ1v) is 5.17. The number of nitro groups is 1. The van der Waals surface area contributed by atoms with Crippen molar-refractivity contribution in [2.75, 3.05) is 0 Å². The summed E-state index contributed by atoms with van der Waals surface area (Å²) in [6.07, 6.45) is -3.49. The second-order valence-electron chi connectivity index (χ2n) is 3.83. The lowest BCUT2D eigenvalue weighted by Crippen LogP contribution is -2.14. The summed E-state index contributed by atoms with van der Waals surface area (Å²) in [5.41, 5.74) is 0.282. The van der Waals surface area contributed by atoms with Gasteiger partial charge in [0, 0.05) is 29.7 Å². The zero-order valence-corrected chi connectivity index (χ0v) is 9.68. The maximum atomic E-state index is 12.8. The molecule has 0 saturated heterocycles. The fraction of sp³-hybridized carbons (Fsp3) is 0.182. The number of alkyl halides is 3. The number of halogens is 3. The summed E-state index contributed by atoms with van der Waals surface area (Å²) in [6.45, 7) is 1.48. The number of non-ortho nitro benzene ring substituents is 1. The number of hydrogen-bond acceptors (Lipinski definition) is 3. The summed E-state index contributed by atoms with van der Waals surface area (Å²) in [5, 5.41) is 10.5. The average Bonchev–Trinajstić information content (AvgIpc) is 2.71. The minimum absolute atomic E-state index is 0.174. The van der Waals surface area contributed by atoms with Crippen molar-refractivity contribution in [1.82, 2.24) is 9.55 Å². The minimum atomic E-state index is -4.59. The molecule has 0 aliphatic rings. The molecule has 1 aromatic heterocycles. The van der Waals surface area contributed by atoms with Gasteiger partial charge in [-0.25, -0.2) is 4.98 Å². The third kappa shape index (κ3) is 2.42. The highest BCUT2D eigenvalue weighted by atomic mass is 19.4. The lowest BCUT2D eigenvalue weighted by atomic mass is 10.2. The van der Waals surface area contributed by atoms with Crippen molar-refractivity contribution in [1.29, 1.82) is 0 Å². The zero-order valence-electron chi connectivity index (χ0n) is 9.68. The fourth-order valence-corrected chi connectivity index (χ4v) is 1.69. The van der Waals surface area contributed by atoms with E-state index in [9.17, 15) is 23.3 Å². The van der Waals surface area contributed by atoms with Crippen LogP contribution in [0.3, 0.4) is 0 Å². The van der Waals surface area contributed by atoms with Crippen LogP contribution in [0.15, 0.2) is 30.5 Å². The van der Waals surface area contributed by atoms with Gasteiger partial charge in [-0.15, -0.1) is 0 Å². The van der Waals surface area contributed by atoms with Crippen LogP contribution in [0, 0.1) is 17.0 Å². The van der Waals surface area contributed by atoms with Crippen LogP contribution < -0.4 is 0 Å². The minimum Gasteiger partial charge on any atom is -0.293 e. The Morgan fingerprint density at radius 1 is 1.26 bits per heavy atom. The van der Waals surface area contributed by atoms with Gasteiger partial charge in [-0.2, -0.15) is 13.2 Å². The van der Waals surface area contributed by atoms with E-state index in [0.29, 0.717) is 5.69 Å². The molecule has 1 heterocycles. The molecular formula is C11H8F3N3O2. The van der Waals surface area contributed by atoms with E-state index in [2.05, 4.69) is 4.98 Å². The van der Waals surface area contributed by atoms with Crippen molar-refractivity contribution in [2.45, 2.75) is 13.1 Å². The maximum absolute atomic E-state index is 12.8. The molecule has 1 aromatic carbocycles. The second-order valence-corrected chi connectivity index (χ2v) is 3.83. The Kier molecular flexibility index (Phi) is 3.01. The Labute approximate surface area is 105 Å². The van der Waals surface area contributed by atoms with E-state index in [1.165, 1.54) is 19.1 Å². The van der Waals surface area contributed by atoms with Gasteiger partial charge in [-0.3, -0.25) is 14.7 Å². The van der Waals surface area contributed by atoms with Crippen LogP contribution in [0.4, 0.5) is 18.9 Å². The van der Waals surface area contributed by atoms with Gasteiger partial charge in [0.2, 0.25) is 5.82 Å².